The molecule has 1 fully saturated rings. The van der Waals surface area contributed by atoms with Crippen LogP contribution in [0, 0.1) is 5.92 Å². The summed E-state index contributed by atoms with van der Waals surface area (Å²) in [6.45, 7) is 1.78. The summed E-state index contributed by atoms with van der Waals surface area (Å²) >= 11 is 0. The normalized spacial score (nSPS) is 20.0. The summed E-state index contributed by atoms with van der Waals surface area (Å²) < 4.78 is 0. The van der Waals surface area contributed by atoms with Crippen LogP contribution in [0.3, 0.4) is 0 Å². The van der Waals surface area contributed by atoms with Gasteiger partial charge in [-0.15, -0.1) is 0 Å². The van der Waals surface area contributed by atoms with Crippen LogP contribution in [0.25, 0.3) is 0 Å². The van der Waals surface area contributed by atoms with Crippen molar-refractivity contribution in [2.75, 3.05) is 10.6 Å². The minimum atomic E-state index is -0.756. The van der Waals surface area contributed by atoms with E-state index >= 15 is 0 Å². The summed E-state index contributed by atoms with van der Waals surface area (Å²) in [5, 5.41) is 17.3. The Morgan fingerprint density at radius 1 is 1.00 bits per heavy atom. The van der Waals surface area contributed by atoms with E-state index in [0.29, 0.717) is 43.5 Å². The highest BCUT2D eigenvalue weighted by atomic mass is 16.4. The first kappa shape index (κ1) is 17.8. The number of aliphatic carboxylic acids is 1. The Balaban J connectivity index is 1.78. The largest absolute Gasteiger partial charge is 0.481 e. The molecule has 7 nitrogen and oxygen atoms in total. The number of hydrogen-bond acceptors (Lipinski definition) is 3. The van der Waals surface area contributed by atoms with Gasteiger partial charge < -0.3 is 21.1 Å². The summed E-state index contributed by atoms with van der Waals surface area (Å²) in [4.78, 5) is 34.2. The fraction of sp³-hybridized carbons (Fsp3) is 0.471. The van der Waals surface area contributed by atoms with Gasteiger partial charge in [-0.1, -0.05) is 6.92 Å². The first-order valence-corrected chi connectivity index (χ1v) is 8.18. The summed E-state index contributed by atoms with van der Waals surface area (Å²) in [5.41, 5.74) is 1.31. The van der Waals surface area contributed by atoms with E-state index in [1.54, 1.807) is 31.2 Å². The number of rotatable bonds is 5. The molecule has 4 N–H and O–H groups in total. The maximum absolute atomic E-state index is 12.0. The smallest absolute Gasteiger partial charge is 0.319 e. The van der Waals surface area contributed by atoms with E-state index in [0.717, 1.165) is 0 Å². The zero-order chi connectivity index (χ0) is 17.5. The SMILES string of the molecule is CCC(=O)Nc1ccc(NC(=O)NC2CCC(C(=O)O)CC2)cc1. The number of amides is 3. The van der Waals surface area contributed by atoms with Gasteiger partial charge in [0.2, 0.25) is 5.91 Å². The van der Waals surface area contributed by atoms with Crippen LogP contribution in [-0.2, 0) is 9.59 Å². The predicted octanol–water partition coefficient (Wildman–Crippen LogP) is 2.80. The van der Waals surface area contributed by atoms with Crippen molar-refractivity contribution >= 4 is 29.3 Å². The number of hydrogen-bond donors (Lipinski definition) is 4. The number of carboxylic acid groups (broad SMARTS) is 1. The van der Waals surface area contributed by atoms with Gasteiger partial charge in [-0.3, -0.25) is 9.59 Å². The molecule has 0 bridgehead atoms. The number of anilines is 2. The highest BCUT2D eigenvalue weighted by Gasteiger charge is 2.26. The van der Waals surface area contributed by atoms with Gasteiger partial charge in [-0.2, -0.15) is 0 Å². The average molecular weight is 333 g/mol. The second kappa shape index (κ2) is 8.33. The molecule has 2 rings (SSSR count). The molecule has 7 heteroatoms. The molecule has 0 atom stereocenters. The molecule has 1 aliphatic rings. The van der Waals surface area contributed by atoms with Crippen LogP contribution in [-0.4, -0.2) is 29.1 Å². The van der Waals surface area contributed by atoms with Crippen LogP contribution in [0.1, 0.15) is 39.0 Å². The Labute approximate surface area is 140 Å². The second-order valence-corrected chi connectivity index (χ2v) is 5.96. The molecule has 0 spiro atoms. The summed E-state index contributed by atoms with van der Waals surface area (Å²) in [6, 6.07) is 6.57. The maximum atomic E-state index is 12.0. The molecular formula is C17H23N3O4. The number of carbonyl (C=O) groups excluding carboxylic acids is 2. The summed E-state index contributed by atoms with van der Waals surface area (Å²) in [7, 11) is 0. The number of benzene rings is 1. The van der Waals surface area contributed by atoms with Gasteiger partial charge >= 0.3 is 12.0 Å². The average Bonchev–Trinajstić information content (AvgIpc) is 2.57. The molecule has 1 aromatic carbocycles. The molecule has 1 aromatic rings. The van der Waals surface area contributed by atoms with E-state index < -0.39 is 5.97 Å². The monoisotopic (exact) mass is 333 g/mol. The summed E-state index contributed by atoms with van der Waals surface area (Å²) in [6.07, 6.45) is 2.93. The van der Waals surface area contributed by atoms with Crippen molar-refractivity contribution in [3.8, 4) is 0 Å². The molecule has 0 aliphatic heterocycles. The molecule has 0 unspecified atom stereocenters. The fourth-order valence-electron chi connectivity index (χ4n) is 2.72. The minimum Gasteiger partial charge on any atom is -0.481 e. The molecule has 3 amide bonds. The molecule has 1 aliphatic carbocycles. The standard InChI is InChI=1S/C17H23N3O4/c1-2-15(21)18-12-7-9-14(10-8-12)20-17(24)19-13-5-3-11(4-6-13)16(22)23/h7-11,13H,2-6H2,1H3,(H,18,21)(H,22,23)(H2,19,20,24). The highest BCUT2D eigenvalue weighted by molar-refractivity contribution is 5.92. The first-order valence-electron chi connectivity index (χ1n) is 8.18. The van der Waals surface area contributed by atoms with Crippen molar-refractivity contribution in [2.24, 2.45) is 5.92 Å². The summed E-state index contributed by atoms with van der Waals surface area (Å²) in [5.74, 6) is -1.12. The highest BCUT2D eigenvalue weighted by Crippen LogP contribution is 2.24. The van der Waals surface area contributed by atoms with Crippen LogP contribution < -0.4 is 16.0 Å². The molecule has 0 radical (unpaired) electrons. The van der Waals surface area contributed by atoms with Gasteiger partial charge in [0.15, 0.2) is 0 Å². The Hall–Kier alpha value is -2.57. The van der Waals surface area contributed by atoms with Crippen LogP contribution in [0.2, 0.25) is 0 Å². The number of nitrogens with one attached hydrogen (secondary N) is 3. The first-order chi connectivity index (χ1) is 11.5. The maximum Gasteiger partial charge on any atom is 0.319 e. The third kappa shape index (κ3) is 5.26. The van der Waals surface area contributed by atoms with Gasteiger partial charge in [0, 0.05) is 23.8 Å². The molecule has 0 aromatic heterocycles. The lowest BCUT2D eigenvalue weighted by molar-refractivity contribution is -0.142. The molecule has 24 heavy (non-hydrogen) atoms. The second-order valence-electron chi connectivity index (χ2n) is 5.96. The van der Waals surface area contributed by atoms with Crippen LogP contribution in [0.15, 0.2) is 24.3 Å². The van der Waals surface area contributed by atoms with Gasteiger partial charge in [0.1, 0.15) is 0 Å². The van der Waals surface area contributed by atoms with Crippen LogP contribution in [0.5, 0.6) is 0 Å². The van der Waals surface area contributed by atoms with Crippen molar-refractivity contribution in [1.29, 1.82) is 0 Å². The fourth-order valence-corrected chi connectivity index (χ4v) is 2.72. The lowest BCUT2D eigenvalue weighted by Crippen LogP contribution is -2.40. The molecule has 1 saturated carbocycles. The van der Waals surface area contributed by atoms with Gasteiger partial charge in [0.05, 0.1) is 5.92 Å². The Morgan fingerprint density at radius 3 is 2.04 bits per heavy atom. The van der Waals surface area contributed by atoms with Crippen molar-refractivity contribution in [1.82, 2.24) is 5.32 Å². The van der Waals surface area contributed by atoms with Gasteiger partial charge in [0.25, 0.3) is 0 Å². The molecule has 0 heterocycles. The van der Waals surface area contributed by atoms with E-state index in [4.69, 9.17) is 5.11 Å². The zero-order valence-electron chi connectivity index (χ0n) is 13.7. The van der Waals surface area contributed by atoms with Gasteiger partial charge in [-0.25, -0.2) is 4.79 Å². The molecular weight excluding hydrogens is 310 g/mol. The molecule has 130 valence electrons. The van der Waals surface area contributed by atoms with Crippen LogP contribution in [0.4, 0.5) is 16.2 Å². The topological polar surface area (TPSA) is 108 Å². The van der Waals surface area contributed by atoms with Crippen LogP contribution >= 0.6 is 0 Å². The lowest BCUT2D eigenvalue weighted by atomic mass is 9.86. The third-order valence-electron chi connectivity index (χ3n) is 4.16. The number of carboxylic acids is 1. The predicted molar refractivity (Wildman–Crippen MR) is 90.9 cm³/mol. The van der Waals surface area contributed by atoms with E-state index in [1.165, 1.54) is 0 Å². The van der Waals surface area contributed by atoms with E-state index in [-0.39, 0.29) is 23.9 Å². The van der Waals surface area contributed by atoms with E-state index in [2.05, 4.69) is 16.0 Å². The number of urea groups is 1. The minimum absolute atomic E-state index is 0.00344. The Morgan fingerprint density at radius 2 is 1.54 bits per heavy atom. The molecule has 0 saturated heterocycles. The van der Waals surface area contributed by atoms with E-state index in [1.807, 2.05) is 0 Å². The lowest BCUT2D eigenvalue weighted by Gasteiger charge is -2.26. The van der Waals surface area contributed by atoms with Crippen molar-refractivity contribution in [3.63, 3.8) is 0 Å². The van der Waals surface area contributed by atoms with Crippen molar-refractivity contribution in [2.45, 2.75) is 45.1 Å². The van der Waals surface area contributed by atoms with Crippen molar-refractivity contribution in [3.05, 3.63) is 24.3 Å². The Kier molecular flexibility index (Phi) is 6.17. The third-order valence-corrected chi connectivity index (χ3v) is 4.16. The van der Waals surface area contributed by atoms with E-state index in [9.17, 15) is 14.4 Å². The Bertz CT molecular complexity index is 592. The zero-order valence-corrected chi connectivity index (χ0v) is 13.7. The van der Waals surface area contributed by atoms with Gasteiger partial charge in [-0.05, 0) is 49.9 Å². The number of carbonyl (C=O) groups is 3. The quantitative estimate of drug-likeness (QED) is 0.664. The van der Waals surface area contributed by atoms with Crippen molar-refractivity contribution < 1.29 is 19.5 Å².